The fourth-order valence-electron chi connectivity index (χ4n) is 4.28. The molecule has 3 fully saturated rings. The first-order chi connectivity index (χ1) is 8.70. The van der Waals surface area contributed by atoms with Gasteiger partial charge in [0, 0.05) is 19.1 Å². The van der Waals surface area contributed by atoms with Crippen molar-refractivity contribution in [2.45, 2.75) is 51.5 Å². The van der Waals surface area contributed by atoms with Crippen LogP contribution in [0.3, 0.4) is 0 Å². The zero-order valence-corrected chi connectivity index (χ0v) is 11.5. The largest absolute Gasteiger partial charge is 0.342 e. The van der Waals surface area contributed by atoms with Gasteiger partial charge in [-0.3, -0.25) is 4.79 Å². The molecule has 0 heterocycles. The molecule has 0 aromatic rings. The van der Waals surface area contributed by atoms with Crippen molar-refractivity contribution in [3.8, 4) is 0 Å². The van der Waals surface area contributed by atoms with Gasteiger partial charge in [-0.05, 0) is 56.8 Å². The van der Waals surface area contributed by atoms with Crippen LogP contribution in [0.15, 0.2) is 0 Å². The van der Waals surface area contributed by atoms with Gasteiger partial charge in [0.15, 0.2) is 0 Å². The maximum Gasteiger partial charge on any atom is 0.227 e. The third-order valence-electron chi connectivity index (χ3n) is 5.66. The number of hydrogen-bond donors (Lipinski definition) is 1. The molecule has 0 aliphatic heterocycles. The average molecular weight is 250 g/mol. The van der Waals surface area contributed by atoms with E-state index in [1.54, 1.807) is 0 Å². The van der Waals surface area contributed by atoms with E-state index in [4.69, 9.17) is 5.73 Å². The van der Waals surface area contributed by atoms with E-state index in [0.717, 1.165) is 19.0 Å². The van der Waals surface area contributed by atoms with E-state index in [9.17, 15) is 4.79 Å². The van der Waals surface area contributed by atoms with E-state index < -0.39 is 0 Å². The Labute approximate surface area is 110 Å². The molecule has 3 rings (SSSR count). The summed E-state index contributed by atoms with van der Waals surface area (Å²) in [7, 11) is 0. The lowest BCUT2D eigenvalue weighted by atomic mass is 9.82. The predicted octanol–water partition coefficient (Wildman–Crippen LogP) is 2.01. The molecule has 2 N–H and O–H groups in total. The molecule has 2 bridgehead atoms. The molecule has 0 aromatic carbocycles. The molecule has 4 unspecified atom stereocenters. The third kappa shape index (κ3) is 1.97. The quantitative estimate of drug-likeness (QED) is 0.829. The van der Waals surface area contributed by atoms with E-state index in [0.29, 0.717) is 17.7 Å². The summed E-state index contributed by atoms with van der Waals surface area (Å²) in [6.45, 7) is 3.95. The number of hydrogen-bond acceptors (Lipinski definition) is 2. The predicted molar refractivity (Wildman–Crippen MR) is 71.9 cm³/mol. The topological polar surface area (TPSA) is 46.3 Å². The van der Waals surface area contributed by atoms with E-state index in [-0.39, 0.29) is 12.0 Å². The van der Waals surface area contributed by atoms with Crippen molar-refractivity contribution < 1.29 is 4.79 Å². The van der Waals surface area contributed by atoms with Gasteiger partial charge in [-0.2, -0.15) is 0 Å². The Hall–Kier alpha value is -0.570. The molecule has 4 atom stereocenters. The highest BCUT2D eigenvalue weighted by Gasteiger charge is 2.50. The number of carbonyl (C=O) groups excluding carboxylic acids is 1. The highest BCUT2D eigenvalue weighted by molar-refractivity contribution is 5.80. The van der Waals surface area contributed by atoms with E-state index in [1.165, 1.54) is 38.5 Å². The van der Waals surface area contributed by atoms with Crippen LogP contribution in [-0.4, -0.2) is 29.9 Å². The van der Waals surface area contributed by atoms with Crippen LogP contribution in [-0.2, 0) is 4.79 Å². The van der Waals surface area contributed by atoms with Gasteiger partial charge in [-0.1, -0.05) is 6.42 Å². The van der Waals surface area contributed by atoms with Crippen LogP contribution in [0.2, 0.25) is 0 Å². The Bertz CT molecular complexity index is 324. The second-order valence-corrected chi connectivity index (χ2v) is 6.61. The minimum absolute atomic E-state index is 0.142. The summed E-state index contributed by atoms with van der Waals surface area (Å²) in [6, 6.07) is 0.145. The Morgan fingerprint density at radius 1 is 1.22 bits per heavy atom. The van der Waals surface area contributed by atoms with E-state index in [1.807, 2.05) is 0 Å². The third-order valence-corrected chi connectivity index (χ3v) is 5.66. The van der Waals surface area contributed by atoms with Gasteiger partial charge >= 0.3 is 0 Å². The van der Waals surface area contributed by atoms with Crippen molar-refractivity contribution in [2.75, 3.05) is 13.1 Å². The van der Waals surface area contributed by atoms with Crippen LogP contribution in [0.25, 0.3) is 0 Å². The Morgan fingerprint density at radius 3 is 2.44 bits per heavy atom. The van der Waals surface area contributed by atoms with Crippen LogP contribution in [0.1, 0.15) is 45.4 Å². The Kier molecular flexibility index (Phi) is 3.35. The summed E-state index contributed by atoms with van der Waals surface area (Å²) in [5, 5.41) is 0. The maximum atomic E-state index is 12.7. The van der Waals surface area contributed by atoms with Crippen molar-refractivity contribution in [1.29, 1.82) is 0 Å². The molecule has 0 spiro atoms. The molecular weight excluding hydrogens is 224 g/mol. The monoisotopic (exact) mass is 250 g/mol. The van der Waals surface area contributed by atoms with Crippen molar-refractivity contribution >= 4 is 5.91 Å². The van der Waals surface area contributed by atoms with E-state index in [2.05, 4.69) is 11.8 Å². The minimum atomic E-state index is 0.142. The second-order valence-electron chi connectivity index (χ2n) is 6.61. The number of amides is 1. The van der Waals surface area contributed by atoms with Crippen LogP contribution < -0.4 is 5.73 Å². The summed E-state index contributed by atoms with van der Waals surface area (Å²) >= 11 is 0. The Balaban J connectivity index is 1.64. The van der Waals surface area contributed by atoms with Crippen molar-refractivity contribution in [3.05, 3.63) is 0 Å². The summed E-state index contributed by atoms with van der Waals surface area (Å²) in [4.78, 5) is 14.8. The summed E-state index contributed by atoms with van der Waals surface area (Å²) in [5.41, 5.74) is 6.29. The first kappa shape index (κ1) is 12.5. The lowest BCUT2D eigenvalue weighted by Gasteiger charge is -2.36. The number of fused-ring (bicyclic) bond motifs is 2. The molecule has 18 heavy (non-hydrogen) atoms. The SMILES string of the molecule is CCN(CC1CCC1)C(=O)C1C2CCC(C2)C1N. The summed E-state index contributed by atoms with van der Waals surface area (Å²) in [5.74, 6) is 2.50. The van der Waals surface area contributed by atoms with Gasteiger partial charge in [0.2, 0.25) is 5.91 Å². The highest BCUT2D eigenvalue weighted by atomic mass is 16.2. The summed E-state index contributed by atoms with van der Waals surface area (Å²) < 4.78 is 0. The van der Waals surface area contributed by atoms with Crippen molar-refractivity contribution in [3.63, 3.8) is 0 Å². The molecule has 3 heteroatoms. The number of carbonyl (C=O) groups is 1. The molecule has 0 radical (unpaired) electrons. The second kappa shape index (κ2) is 4.84. The average Bonchev–Trinajstić information content (AvgIpc) is 2.87. The molecule has 3 saturated carbocycles. The fourth-order valence-corrected chi connectivity index (χ4v) is 4.28. The molecular formula is C15H26N2O. The van der Waals surface area contributed by atoms with Crippen LogP contribution >= 0.6 is 0 Å². The fraction of sp³-hybridized carbons (Fsp3) is 0.933. The molecule has 102 valence electrons. The first-order valence-electron chi connectivity index (χ1n) is 7.75. The van der Waals surface area contributed by atoms with Crippen molar-refractivity contribution in [2.24, 2.45) is 29.4 Å². The smallest absolute Gasteiger partial charge is 0.227 e. The van der Waals surface area contributed by atoms with Gasteiger partial charge in [0.1, 0.15) is 0 Å². The molecule has 0 aromatic heterocycles. The van der Waals surface area contributed by atoms with Crippen molar-refractivity contribution in [1.82, 2.24) is 4.90 Å². The molecule has 1 amide bonds. The normalized spacial score (nSPS) is 38.8. The molecule has 3 nitrogen and oxygen atoms in total. The van der Waals surface area contributed by atoms with Crippen LogP contribution in [0.5, 0.6) is 0 Å². The molecule has 3 aliphatic rings. The number of nitrogens with two attached hydrogens (primary N) is 1. The van der Waals surface area contributed by atoms with Gasteiger partial charge in [0.25, 0.3) is 0 Å². The van der Waals surface area contributed by atoms with Crippen LogP contribution in [0.4, 0.5) is 0 Å². The summed E-state index contributed by atoms with van der Waals surface area (Å²) in [6.07, 6.45) is 7.67. The van der Waals surface area contributed by atoms with Gasteiger partial charge in [-0.25, -0.2) is 0 Å². The highest BCUT2D eigenvalue weighted by Crippen LogP contribution is 2.48. The number of rotatable bonds is 4. The minimum Gasteiger partial charge on any atom is -0.342 e. The first-order valence-corrected chi connectivity index (χ1v) is 7.75. The standard InChI is InChI=1S/C15H26N2O/c1-2-17(9-10-4-3-5-10)15(18)13-11-6-7-12(8-11)14(13)16/h10-14H,2-9,16H2,1H3. The Morgan fingerprint density at radius 2 is 1.94 bits per heavy atom. The molecule has 0 saturated heterocycles. The lowest BCUT2D eigenvalue weighted by Crippen LogP contribution is -2.48. The number of nitrogens with zero attached hydrogens (tertiary/aromatic N) is 1. The van der Waals surface area contributed by atoms with Gasteiger partial charge in [0.05, 0.1) is 5.92 Å². The lowest BCUT2D eigenvalue weighted by molar-refractivity contribution is -0.138. The van der Waals surface area contributed by atoms with Crippen LogP contribution in [0, 0.1) is 23.7 Å². The van der Waals surface area contributed by atoms with E-state index >= 15 is 0 Å². The zero-order chi connectivity index (χ0) is 12.7. The molecule has 3 aliphatic carbocycles. The van der Waals surface area contributed by atoms with Gasteiger partial charge < -0.3 is 10.6 Å². The van der Waals surface area contributed by atoms with Gasteiger partial charge in [-0.15, -0.1) is 0 Å². The maximum absolute atomic E-state index is 12.7. The zero-order valence-electron chi connectivity index (χ0n) is 11.5.